The van der Waals surface area contributed by atoms with Gasteiger partial charge in [-0.3, -0.25) is 9.59 Å². The van der Waals surface area contributed by atoms with E-state index in [1.54, 1.807) is 0 Å². The molecule has 4 nitrogen and oxygen atoms in total. The van der Waals surface area contributed by atoms with Crippen molar-refractivity contribution in [1.82, 2.24) is 4.90 Å². The Morgan fingerprint density at radius 3 is 1.67 bits per heavy atom. The van der Waals surface area contributed by atoms with Crippen LogP contribution in [0.3, 0.4) is 0 Å². The molecule has 3 aliphatic carbocycles. The predicted octanol–water partition coefficient (Wildman–Crippen LogP) is 4.52. The smallest absolute Gasteiger partial charge is 0.310 e. The molecular formula is C20H33NO3. The molecule has 3 rings (SSSR count). The van der Waals surface area contributed by atoms with Gasteiger partial charge in [-0.15, -0.1) is 0 Å². The summed E-state index contributed by atoms with van der Waals surface area (Å²) >= 11 is 0. The number of carboxylic acid groups (broad SMARTS) is 1. The van der Waals surface area contributed by atoms with Crippen LogP contribution in [0, 0.1) is 5.41 Å². The van der Waals surface area contributed by atoms with Gasteiger partial charge in [0, 0.05) is 18.5 Å². The van der Waals surface area contributed by atoms with Crippen molar-refractivity contribution in [3.8, 4) is 0 Å². The molecule has 0 heterocycles. The lowest BCUT2D eigenvalue weighted by Crippen LogP contribution is -2.50. The number of hydrogen-bond donors (Lipinski definition) is 1. The van der Waals surface area contributed by atoms with E-state index in [0.29, 0.717) is 24.9 Å². The minimum atomic E-state index is -0.779. The van der Waals surface area contributed by atoms with Gasteiger partial charge >= 0.3 is 5.97 Å². The van der Waals surface area contributed by atoms with Crippen LogP contribution in [0.25, 0.3) is 0 Å². The molecule has 0 atom stereocenters. The Labute approximate surface area is 146 Å². The van der Waals surface area contributed by atoms with Crippen molar-refractivity contribution in [2.75, 3.05) is 0 Å². The number of amides is 1. The molecule has 4 heteroatoms. The van der Waals surface area contributed by atoms with Crippen LogP contribution in [-0.4, -0.2) is 34.0 Å². The van der Waals surface area contributed by atoms with Crippen LogP contribution in [0.1, 0.15) is 96.3 Å². The van der Waals surface area contributed by atoms with E-state index in [1.165, 1.54) is 38.5 Å². The minimum absolute atomic E-state index is 0.137. The Morgan fingerprint density at radius 2 is 1.25 bits per heavy atom. The highest BCUT2D eigenvalue weighted by molar-refractivity contribution is 5.85. The van der Waals surface area contributed by atoms with Crippen LogP contribution in [0.15, 0.2) is 0 Å². The van der Waals surface area contributed by atoms with E-state index < -0.39 is 11.4 Å². The zero-order chi connectivity index (χ0) is 17.0. The van der Waals surface area contributed by atoms with E-state index >= 15 is 0 Å². The van der Waals surface area contributed by atoms with Crippen molar-refractivity contribution < 1.29 is 14.7 Å². The Hall–Kier alpha value is -1.06. The first-order valence-electron chi connectivity index (χ1n) is 10.2. The molecule has 0 saturated heterocycles. The van der Waals surface area contributed by atoms with Gasteiger partial charge in [-0.2, -0.15) is 0 Å². The molecular weight excluding hydrogens is 302 g/mol. The highest BCUT2D eigenvalue weighted by Crippen LogP contribution is 2.43. The summed E-state index contributed by atoms with van der Waals surface area (Å²) in [5.41, 5.74) is -0.779. The molecule has 136 valence electrons. The topological polar surface area (TPSA) is 57.6 Å². The van der Waals surface area contributed by atoms with Gasteiger partial charge in [-0.25, -0.2) is 0 Å². The van der Waals surface area contributed by atoms with E-state index in [9.17, 15) is 14.7 Å². The zero-order valence-corrected chi connectivity index (χ0v) is 15.0. The first-order valence-corrected chi connectivity index (χ1v) is 10.2. The largest absolute Gasteiger partial charge is 0.481 e. The second kappa shape index (κ2) is 7.88. The summed E-state index contributed by atoms with van der Waals surface area (Å²) in [6.07, 6.45) is 15.4. The van der Waals surface area contributed by atoms with Crippen LogP contribution in [-0.2, 0) is 9.59 Å². The Balaban J connectivity index is 1.75. The highest BCUT2D eigenvalue weighted by atomic mass is 16.4. The summed E-state index contributed by atoms with van der Waals surface area (Å²) in [5, 5.41) is 9.74. The van der Waals surface area contributed by atoms with Crippen molar-refractivity contribution in [3.05, 3.63) is 0 Å². The van der Waals surface area contributed by atoms with Gasteiger partial charge in [0.15, 0.2) is 0 Å². The van der Waals surface area contributed by atoms with Gasteiger partial charge < -0.3 is 10.0 Å². The molecule has 1 amide bonds. The summed E-state index contributed by atoms with van der Waals surface area (Å²) < 4.78 is 0. The standard InChI is InChI=1S/C20H33NO3/c22-18(15-20(19(23)24)13-7-8-14-20)21(16-9-3-1-4-10-16)17-11-5-2-6-12-17/h16-17H,1-15H2,(H,23,24). The number of carbonyl (C=O) groups is 2. The summed E-state index contributed by atoms with van der Waals surface area (Å²) in [7, 11) is 0. The van der Waals surface area contributed by atoms with Gasteiger partial charge in [0.25, 0.3) is 0 Å². The average Bonchev–Trinajstić information content (AvgIpc) is 3.07. The number of hydrogen-bond acceptors (Lipinski definition) is 2. The van der Waals surface area contributed by atoms with E-state index in [0.717, 1.165) is 38.5 Å². The van der Waals surface area contributed by atoms with Crippen molar-refractivity contribution in [2.45, 2.75) is 108 Å². The molecule has 0 unspecified atom stereocenters. The maximum absolute atomic E-state index is 13.3. The fourth-order valence-electron chi connectivity index (χ4n) is 5.32. The number of nitrogens with zero attached hydrogens (tertiary/aromatic N) is 1. The normalized spacial score (nSPS) is 25.5. The van der Waals surface area contributed by atoms with Crippen LogP contribution in [0.2, 0.25) is 0 Å². The zero-order valence-electron chi connectivity index (χ0n) is 15.0. The monoisotopic (exact) mass is 335 g/mol. The van der Waals surface area contributed by atoms with E-state index in [-0.39, 0.29) is 12.3 Å². The molecule has 0 aromatic carbocycles. The second-order valence-corrected chi connectivity index (χ2v) is 8.35. The summed E-state index contributed by atoms with van der Waals surface area (Å²) in [6.45, 7) is 0. The first kappa shape index (κ1) is 17.8. The average molecular weight is 335 g/mol. The number of aliphatic carboxylic acids is 1. The molecule has 0 aromatic rings. The highest BCUT2D eigenvalue weighted by Gasteiger charge is 2.45. The summed E-state index contributed by atoms with van der Waals surface area (Å²) in [6, 6.07) is 0.725. The molecule has 1 N–H and O–H groups in total. The van der Waals surface area contributed by atoms with Crippen molar-refractivity contribution in [1.29, 1.82) is 0 Å². The fraction of sp³-hybridized carbons (Fsp3) is 0.900. The fourth-order valence-corrected chi connectivity index (χ4v) is 5.32. The van der Waals surface area contributed by atoms with Crippen molar-refractivity contribution >= 4 is 11.9 Å². The van der Waals surface area contributed by atoms with Crippen molar-refractivity contribution in [3.63, 3.8) is 0 Å². The van der Waals surface area contributed by atoms with Gasteiger partial charge in [0.2, 0.25) is 5.91 Å². The molecule has 0 bridgehead atoms. The maximum Gasteiger partial charge on any atom is 0.310 e. The van der Waals surface area contributed by atoms with Crippen molar-refractivity contribution in [2.24, 2.45) is 5.41 Å². The van der Waals surface area contributed by atoms with Crippen LogP contribution < -0.4 is 0 Å². The summed E-state index contributed by atoms with van der Waals surface area (Å²) in [4.78, 5) is 27.3. The third-order valence-corrected chi connectivity index (χ3v) is 6.73. The molecule has 24 heavy (non-hydrogen) atoms. The van der Waals surface area contributed by atoms with Gasteiger partial charge in [-0.1, -0.05) is 51.4 Å². The predicted molar refractivity (Wildman–Crippen MR) is 93.7 cm³/mol. The third-order valence-electron chi connectivity index (χ3n) is 6.73. The molecule has 3 aliphatic rings. The molecule has 0 spiro atoms. The Bertz CT molecular complexity index is 426. The number of carboxylic acids is 1. The third kappa shape index (κ3) is 3.78. The lowest BCUT2D eigenvalue weighted by atomic mass is 9.81. The number of carbonyl (C=O) groups excluding carboxylic acids is 1. The molecule has 3 saturated carbocycles. The molecule has 0 radical (unpaired) electrons. The van der Waals surface area contributed by atoms with E-state index in [4.69, 9.17) is 0 Å². The lowest BCUT2D eigenvalue weighted by Gasteiger charge is -2.43. The molecule has 0 aliphatic heterocycles. The van der Waals surface area contributed by atoms with Crippen LogP contribution >= 0.6 is 0 Å². The van der Waals surface area contributed by atoms with Gasteiger partial charge in [0.05, 0.1) is 5.41 Å². The van der Waals surface area contributed by atoms with E-state index in [2.05, 4.69) is 4.90 Å². The Morgan fingerprint density at radius 1 is 0.792 bits per heavy atom. The lowest BCUT2D eigenvalue weighted by molar-refractivity contribution is -0.155. The quantitative estimate of drug-likeness (QED) is 0.804. The van der Waals surface area contributed by atoms with Gasteiger partial charge in [-0.05, 0) is 38.5 Å². The van der Waals surface area contributed by atoms with Gasteiger partial charge in [0.1, 0.15) is 0 Å². The first-order chi connectivity index (χ1) is 11.6. The molecule has 3 fully saturated rings. The van der Waals surface area contributed by atoms with Crippen LogP contribution in [0.5, 0.6) is 0 Å². The molecule has 0 aromatic heterocycles. The summed E-state index contributed by atoms with van der Waals surface area (Å²) in [5.74, 6) is -0.612. The Kier molecular flexibility index (Phi) is 5.83. The van der Waals surface area contributed by atoms with Crippen LogP contribution in [0.4, 0.5) is 0 Å². The van der Waals surface area contributed by atoms with E-state index in [1.807, 2.05) is 0 Å². The maximum atomic E-state index is 13.3. The SMILES string of the molecule is O=C(CC1(C(=O)O)CCCC1)N(C1CCCCC1)C1CCCCC1. The minimum Gasteiger partial charge on any atom is -0.481 e. The second-order valence-electron chi connectivity index (χ2n) is 8.35. The number of rotatable bonds is 5.